The fourth-order valence-electron chi connectivity index (χ4n) is 4.31. The molecule has 142 valence electrons. The first kappa shape index (κ1) is 19.4. The topological polar surface area (TPSA) is 32.3 Å². The Hall–Kier alpha value is -1.32. The van der Waals surface area contributed by atoms with Gasteiger partial charge in [-0.25, -0.2) is 0 Å². The zero-order valence-corrected chi connectivity index (χ0v) is 16.8. The molecule has 2 fully saturated rings. The maximum Gasteiger partial charge on any atom is 0.230 e. The van der Waals surface area contributed by atoms with E-state index in [1.54, 1.807) is 0 Å². The van der Waals surface area contributed by atoms with Crippen molar-refractivity contribution in [1.82, 2.24) is 10.2 Å². The van der Waals surface area contributed by atoms with Crippen molar-refractivity contribution >= 4 is 17.5 Å². The van der Waals surface area contributed by atoms with Crippen LogP contribution in [0.5, 0.6) is 0 Å². The number of hydrogen-bond acceptors (Lipinski definition) is 2. The molecular weight excluding hydrogens is 344 g/mol. The number of nitrogens with one attached hydrogen (secondary N) is 1. The van der Waals surface area contributed by atoms with E-state index in [4.69, 9.17) is 11.6 Å². The summed E-state index contributed by atoms with van der Waals surface area (Å²) in [6.45, 7) is 7.42. The number of piperidine rings is 1. The van der Waals surface area contributed by atoms with Crippen molar-refractivity contribution in [3.05, 3.63) is 46.5 Å². The number of amides is 1. The van der Waals surface area contributed by atoms with Gasteiger partial charge in [0.2, 0.25) is 5.91 Å². The second-order valence-electron chi connectivity index (χ2n) is 8.13. The van der Waals surface area contributed by atoms with E-state index in [2.05, 4.69) is 36.2 Å². The van der Waals surface area contributed by atoms with Gasteiger partial charge >= 0.3 is 0 Å². The highest BCUT2D eigenvalue weighted by Gasteiger charge is 2.43. The van der Waals surface area contributed by atoms with Crippen molar-refractivity contribution in [2.24, 2.45) is 0 Å². The molecule has 0 radical (unpaired) electrons. The van der Waals surface area contributed by atoms with E-state index >= 15 is 0 Å². The number of carbonyl (C=O) groups excluding carboxylic acids is 1. The van der Waals surface area contributed by atoms with Crippen molar-refractivity contribution in [1.29, 1.82) is 0 Å². The smallest absolute Gasteiger partial charge is 0.230 e. The van der Waals surface area contributed by atoms with Gasteiger partial charge < -0.3 is 5.32 Å². The van der Waals surface area contributed by atoms with Gasteiger partial charge in [-0.05, 0) is 57.2 Å². The lowest BCUT2D eigenvalue weighted by Gasteiger charge is -2.35. The molecule has 4 heteroatoms. The first-order valence-corrected chi connectivity index (χ1v) is 10.3. The summed E-state index contributed by atoms with van der Waals surface area (Å²) in [4.78, 5) is 15.7. The third-order valence-electron chi connectivity index (χ3n) is 5.95. The van der Waals surface area contributed by atoms with Gasteiger partial charge in [-0.15, -0.1) is 0 Å². The van der Waals surface area contributed by atoms with Crippen LogP contribution in [0.15, 0.2) is 35.9 Å². The average Bonchev–Trinajstić information content (AvgIpc) is 3.12. The zero-order chi connectivity index (χ0) is 18.6. The number of halogens is 1. The van der Waals surface area contributed by atoms with Gasteiger partial charge in [0.15, 0.2) is 0 Å². The molecule has 1 amide bonds. The Kier molecular flexibility index (Phi) is 6.42. The van der Waals surface area contributed by atoms with E-state index in [0.29, 0.717) is 11.1 Å². The lowest BCUT2D eigenvalue weighted by Crippen LogP contribution is -2.50. The maximum absolute atomic E-state index is 13.3. The van der Waals surface area contributed by atoms with Crippen LogP contribution in [0.1, 0.15) is 57.9 Å². The maximum atomic E-state index is 13.3. The van der Waals surface area contributed by atoms with Gasteiger partial charge in [0.1, 0.15) is 0 Å². The van der Waals surface area contributed by atoms with Crippen molar-refractivity contribution in [2.75, 3.05) is 19.6 Å². The summed E-state index contributed by atoms with van der Waals surface area (Å²) in [7, 11) is 0. The minimum absolute atomic E-state index is 0.208. The van der Waals surface area contributed by atoms with Crippen molar-refractivity contribution in [2.45, 2.75) is 63.8 Å². The number of carbonyl (C=O) groups is 1. The number of allylic oxidation sites excluding steroid dienone is 1. The molecule has 1 saturated carbocycles. The minimum Gasteiger partial charge on any atom is -0.353 e. The van der Waals surface area contributed by atoms with E-state index in [-0.39, 0.29) is 11.3 Å². The van der Waals surface area contributed by atoms with Crippen LogP contribution in [-0.2, 0) is 10.2 Å². The van der Waals surface area contributed by atoms with Crippen LogP contribution in [0, 0.1) is 0 Å². The number of likely N-dealkylation sites (tertiary alicyclic amines) is 1. The Morgan fingerprint density at radius 1 is 1.27 bits per heavy atom. The minimum atomic E-state index is -0.385. The molecule has 1 aromatic rings. The highest BCUT2D eigenvalue weighted by atomic mass is 35.5. The first-order valence-electron chi connectivity index (χ1n) is 9.92. The molecule has 2 aliphatic rings. The van der Waals surface area contributed by atoms with E-state index in [0.717, 1.165) is 63.7 Å². The Labute approximate surface area is 162 Å². The van der Waals surface area contributed by atoms with Gasteiger partial charge in [0.25, 0.3) is 0 Å². The number of nitrogens with zero attached hydrogens (tertiary/aromatic N) is 1. The monoisotopic (exact) mass is 374 g/mol. The van der Waals surface area contributed by atoms with E-state index in [9.17, 15) is 4.79 Å². The van der Waals surface area contributed by atoms with Crippen LogP contribution in [0.2, 0.25) is 5.02 Å². The molecule has 1 heterocycles. The molecule has 1 saturated heterocycles. The molecule has 0 unspecified atom stereocenters. The number of hydrogen-bond donors (Lipinski definition) is 1. The fraction of sp³-hybridized carbons (Fsp3) is 0.591. The van der Waals surface area contributed by atoms with E-state index in [1.165, 1.54) is 5.57 Å². The molecular formula is C22H31ClN2O. The molecule has 1 aliphatic heterocycles. The summed E-state index contributed by atoms with van der Waals surface area (Å²) >= 11 is 6.21. The van der Waals surface area contributed by atoms with Crippen molar-refractivity contribution in [3.8, 4) is 0 Å². The van der Waals surface area contributed by atoms with E-state index in [1.807, 2.05) is 18.2 Å². The average molecular weight is 375 g/mol. The Balaban J connectivity index is 1.62. The van der Waals surface area contributed by atoms with Gasteiger partial charge in [-0.3, -0.25) is 9.69 Å². The van der Waals surface area contributed by atoms with Crippen LogP contribution in [0.25, 0.3) is 0 Å². The molecule has 0 spiro atoms. The predicted molar refractivity (Wildman–Crippen MR) is 109 cm³/mol. The molecule has 0 aromatic heterocycles. The highest BCUT2D eigenvalue weighted by Crippen LogP contribution is 2.42. The second-order valence-corrected chi connectivity index (χ2v) is 8.57. The quantitative estimate of drug-likeness (QED) is 0.757. The van der Waals surface area contributed by atoms with E-state index < -0.39 is 0 Å². The Bertz CT molecular complexity index is 652. The van der Waals surface area contributed by atoms with Crippen LogP contribution < -0.4 is 5.32 Å². The summed E-state index contributed by atoms with van der Waals surface area (Å²) in [6.07, 6.45) is 8.44. The zero-order valence-electron chi connectivity index (χ0n) is 16.1. The third kappa shape index (κ3) is 4.50. The molecule has 0 atom stereocenters. The Morgan fingerprint density at radius 3 is 2.58 bits per heavy atom. The van der Waals surface area contributed by atoms with Crippen LogP contribution in [0.4, 0.5) is 0 Å². The normalized spacial score (nSPS) is 20.7. The molecule has 0 bridgehead atoms. The summed E-state index contributed by atoms with van der Waals surface area (Å²) in [5.41, 5.74) is 2.07. The molecule has 1 N–H and O–H groups in total. The predicted octanol–water partition coefficient (Wildman–Crippen LogP) is 4.70. The lowest BCUT2D eigenvalue weighted by molar-refractivity contribution is -0.127. The number of benzene rings is 1. The Morgan fingerprint density at radius 2 is 1.96 bits per heavy atom. The van der Waals surface area contributed by atoms with Crippen LogP contribution in [0.3, 0.4) is 0 Å². The largest absolute Gasteiger partial charge is 0.353 e. The SMILES string of the molecule is CC(C)=CCN1CCC(NC(=O)C2(c3cccc(Cl)c3)CCCC2)CC1. The standard InChI is InChI=1S/C22H31ClN2O/c1-17(2)8-13-25-14-9-20(10-15-25)24-21(26)22(11-3-4-12-22)18-6-5-7-19(23)16-18/h5-8,16,20H,3-4,9-15H2,1-2H3,(H,24,26). The molecule has 3 rings (SSSR count). The molecule has 3 nitrogen and oxygen atoms in total. The molecule has 1 aromatic carbocycles. The highest BCUT2D eigenvalue weighted by molar-refractivity contribution is 6.30. The first-order chi connectivity index (χ1) is 12.5. The molecule has 26 heavy (non-hydrogen) atoms. The van der Waals surface area contributed by atoms with Gasteiger partial charge in [0, 0.05) is 30.7 Å². The van der Waals surface area contributed by atoms with Crippen LogP contribution in [-0.4, -0.2) is 36.5 Å². The van der Waals surface area contributed by atoms with Crippen LogP contribution >= 0.6 is 11.6 Å². The van der Waals surface area contributed by atoms with Crippen molar-refractivity contribution in [3.63, 3.8) is 0 Å². The summed E-state index contributed by atoms with van der Waals surface area (Å²) in [5, 5.41) is 4.10. The summed E-state index contributed by atoms with van der Waals surface area (Å²) < 4.78 is 0. The summed E-state index contributed by atoms with van der Waals surface area (Å²) in [6, 6.07) is 8.19. The lowest BCUT2D eigenvalue weighted by atomic mass is 9.77. The van der Waals surface area contributed by atoms with Gasteiger partial charge in [0.05, 0.1) is 5.41 Å². The number of rotatable bonds is 5. The molecule has 1 aliphatic carbocycles. The van der Waals surface area contributed by atoms with Gasteiger partial charge in [-0.2, -0.15) is 0 Å². The fourth-order valence-corrected chi connectivity index (χ4v) is 4.50. The third-order valence-corrected chi connectivity index (χ3v) is 6.18. The second kappa shape index (κ2) is 8.58. The summed E-state index contributed by atoms with van der Waals surface area (Å²) in [5.74, 6) is 0.208. The van der Waals surface area contributed by atoms with Gasteiger partial charge in [-0.1, -0.05) is 48.2 Å². The van der Waals surface area contributed by atoms with Crippen molar-refractivity contribution < 1.29 is 4.79 Å².